The summed E-state index contributed by atoms with van der Waals surface area (Å²) in [7, 11) is 2.09. The molecule has 0 bridgehead atoms. The lowest BCUT2D eigenvalue weighted by atomic mass is 9.91. The fraction of sp³-hybridized carbons (Fsp3) is 0.625. The molecule has 2 atom stereocenters. The minimum atomic E-state index is -0.197. The number of likely N-dealkylation sites (N-methyl/N-ethyl adjacent to an activating group) is 1. The van der Waals surface area contributed by atoms with Crippen molar-refractivity contribution in [3.05, 3.63) is 21.9 Å². The summed E-state index contributed by atoms with van der Waals surface area (Å²) in [5, 5.41) is 20.9. The Morgan fingerprint density at radius 2 is 2.20 bits per heavy atom. The Bertz CT molecular complexity index is 474. The van der Waals surface area contributed by atoms with Gasteiger partial charge in [-0.15, -0.1) is 11.3 Å². The van der Waals surface area contributed by atoms with E-state index in [0.717, 1.165) is 31.4 Å². The summed E-state index contributed by atoms with van der Waals surface area (Å²) in [5.41, 5.74) is 1.06. The van der Waals surface area contributed by atoms with E-state index in [1.54, 1.807) is 11.3 Å². The van der Waals surface area contributed by atoms with Gasteiger partial charge in [0, 0.05) is 29.4 Å². The quantitative estimate of drug-likeness (QED) is 0.837. The van der Waals surface area contributed by atoms with Crippen molar-refractivity contribution in [1.82, 2.24) is 4.90 Å². The van der Waals surface area contributed by atoms with Crippen LogP contribution in [0.5, 0.6) is 0 Å². The highest BCUT2D eigenvalue weighted by atomic mass is 32.1. The third-order valence-corrected chi connectivity index (χ3v) is 4.76. The molecular weight excluding hydrogens is 270 g/mol. The van der Waals surface area contributed by atoms with Crippen LogP contribution in [0.3, 0.4) is 0 Å². The first-order valence-electron chi connectivity index (χ1n) is 7.26. The van der Waals surface area contributed by atoms with Gasteiger partial charge >= 0.3 is 0 Å². The minimum Gasteiger partial charge on any atom is -0.395 e. The summed E-state index contributed by atoms with van der Waals surface area (Å²) in [5.74, 6) is 6.10. The summed E-state index contributed by atoms with van der Waals surface area (Å²) in [4.78, 5) is 3.50. The van der Waals surface area contributed by atoms with Crippen molar-refractivity contribution in [2.45, 2.75) is 50.8 Å². The van der Waals surface area contributed by atoms with Crippen LogP contribution in [-0.2, 0) is 6.54 Å². The zero-order valence-corrected chi connectivity index (χ0v) is 12.8. The molecule has 0 saturated heterocycles. The Kier molecular flexibility index (Phi) is 6.06. The second-order valence-corrected chi connectivity index (χ2v) is 6.37. The van der Waals surface area contributed by atoms with Crippen LogP contribution < -0.4 is 0 Å². The molecule has 0 spiro atoms. The molecule has 1 aliphatic rings. The Morgan fingerprint density at radius 3 is 2.95 bits per heavy atom. The first kappa shape index (κ1) is 15.5. The predicted molar refractivity (Wildman–Crippen MR) is 82.6 cm³/mol. The van der Waals surface area contributed by atoms with Crippen molar-refractivity contribution in [2.24, 2.45) is 0 Å². The van der Waals surface area contributed by atoms with E-state index >= 15 is 0 Å². The van der Waals surface area contributed by atoms with Crippen molar-refractivity contribution in [2.75, 3.05) is 13.7 Å². The second-order valence-electron chi connectivity index (χ2n) is 5.37. The van der Waals surface area contributed by atoms with Gasteiger partial charge in [-0.25, -0.2) is 0 Å². The summed E-state index contributed by atoms with van der Waals surface area (Å²) in [6, 6.07) is 2.30. The van der Waals surface area contributed by atoms with E-state index in [4.69, 9.17) is 5.11 Å². The van der Waals surface area contributed by atoms with Crippen LogP contribution in [0.2, 0.25) is 0 Å². The fourth-order valence-corrected chi connectivity index (χ4v) is 3.63. The average molecular weight is 293 g/mol. The molecule has 0 amide bonds. The first-order chi connectivity index (χ1) is 9.72. The highest BCUT2D eigenvalue weighted by molar-refractivity contribution is 7.10. The Hall–Kier alpha value is -0.860. The molecule has 2 N–H and O–H groups in total. The molecule has 1 fully saturated rings. The van der Waals surface area contributed by atoms with Crippen molar-refractivity contribution >= 4 is 11.3 Å². The molecule has 20 heavy (non-hydrogen) atoms. The van der Waals surface area contributed by atoms with Gasteiger partial charge in [-0.2, -0.15) is 0 Å². The molecule has 2 rings (SSSR count). The van der Waals surface area contributed by atoms with Gasteiger partial charge in [0.15, 0.2) is 0 Å². The van der Waals surface area contributed by atoms with Gasteiger partial charge < -0.3 is 10.2 Å². The van der Waals surface area contributed by atoms with E-state index in [-0.39, 0.29) is 18.8 Å². The van der Waals surface area contributed by atoms with Gasteiger partial charge in [0.25, 0.3) is 0 Å². The number of hydrogen-bond donors (Lipinski definition) is 2. The largest absolute Gasteiger partial charge is 0.395 e. The fourth-order valence-electron chi connectivity index (χ4n) is 2.74. The second kappa shape index (κ2) is 7.80. The normalized spacial score (nSPS) is 22.6. The van der Waals surface area contributed by atoms with Gasteiger partial charge in [-0.1, -0.05) is 24.7 Å². The SMILES string of the molecule is CN(Cc1sccc1C#CCCO)C1CCCCC1O. The smallest absolute Gasteiger partial charge is 0.0695 e. The van der Waals surface area contributed by atoms with Gasteiger partial charge in [0.1, 0.15) is 0 Å². The molecule has 1 aliphatic carbocycles. The zero-order valence-electron chi connectivity index (χ0n) is 12.0. The number of nitrogens with zero attached hydrogens (tertiary/aromatic N) is 1. The third-order valence-electron chi connectivity index (χ3n) is 3.86. The van der Waals surface area contributed by atoms with Crippen LogP contribution in [0.1, 0.15) is 42.5 Å². The van der Waals surface area contributed by atoms with E-state index in [0.29, 0.717) is 6.42 Å². The lowest BCUT2D eigenvalue weighted by molar-refractivity contribution is 0.0292. The zero-order chi connectivity index (χ0) is 14.4. The molecule has 110 valence electrons. The highest BCUT2D eigenvalue weighted by Crippen LogP contribution is 2.25. The average Bonchev–Trinajstić information content (AvgIpc) is 2.87. The summed E-state index contributed by atoms with van der Waals surface area (Å²) in [6.45, 7) is 0.948. The summed E-state index contributed by atoms with van der Waals surface area (Å²) >= 11 is 1.71. The highest BCUT2D eigenvalue weighted by Gasteiger charge is 2.26. The molecule has 0 aromatic carbocycles. The third kappa shape index (κ3) is 4.07. The van der Waals surface area contributed by atoms with Crippen LogP contribution in [-0.4, -0.2) is 40.9 Å². The minimum absolute atomic E-state index is 0.112. The Labute approximate surface area is 125 Å². The molecule has 1 aromatic heterocycles. The Balaban J connectivity index is 1.99. The predicted octanol–water partition coefficient (Wildman–Crippen LogP) is 2.22. The molecule has 1 aromatic rings. The monoisotopic (exact) mass is 293 g/mol. The molecule has 3 nitrogen and oxygen atoms in total. The van der Waals surface area contributed by atoms with Crippen molar-refractivity contribution < 1.29 is 10.2 Å². The van der Waals surface area contributed by atoms with E-state index < -0.39 is 0 Å². The maximum Gasteiger partial charge on any atom is 0.0695 e. The summed E-state index contributed by atoms with van der Waals surface area (Å²) in [6.07, 6.45) is 4.67. The topological polar surface area (TPSA) is 43.7 Å². The van der Waals surface area contributed by atoms with E-state index in [1.807, 2.05) is 6.07 Å². The van der Waals surface area contributed by atoms with Crippen molar-refractivity contribution in [3.63, 3.8) is 0 Å². The molecule has 1 heterocycles. The van der Waals surface area contributed by atoms with Crippen molar-refractivity contribution in [3.8, 4) is 11.8 Å². The lowest BCUT2D eigenvalue weighted by Crippen LogP contribution is -2.42. The summed E-state index contributed by atoms with van der Waals surface area (Å²) < 4.78 is 0. The maximum absolute atomic E-state index is 10.1. The lowest BCUT2D eigenvalue weighted by Gasteiger charge is -2.35. The number of rotatable bonds is 4. The maximum atomic E-state index is 10.1. The molecule has 4 heteroatoms. The van der Waals surface area contributed by atoms with E-state index in [2.05, 4.69) is 29.2 Å². The molecule has 0 aliphatic heterocycles. The van der Waals surface area contributed by atoms with Gasteiger partial charge in [0.2, 0.25) is 0 Å². The van der Waals surface area contributed by atoms with Crippen LogP contribution >= 0.6 is 11.3 Å². The van der Waals surface area contributed by atoms with Crippen LogP contribution in [0.25, 0.3) is 0 Å². The number of thiophene rings is 1. The van der Waals surface area contributed by atoms with E-state index in [1.165, 1.54) is 11.3 Å². The Morgan fingerprint density at radius 1 is 1.40 bits per heavy atom. The van der Waals surface area contributed by atoms with Gasteiger partial charge in [0.05, 0.1) is 12.7 Å². The molecule has 2 unspecified atom stereocenters. The van der Waals surface area contributed by atoms with Gasteiger partial charge in [-0.3, -0.25) is 4.90 Å². The number of aliphatic hydroxyl groups is 2. The standard InChI is InChI=1S/C16H23NO2S/c1-17(14-7-2-3-8-15(14)19)12-16-13(9-11-20-16)6-4-5-10-18/h9,11,14-15,18-19H,2-3,5,7-8,10,12H2,1H3. The molecule has 0 radical (unpaired) electrons. The van der Waals surface area contributed by atoms with Crippen molar-refractivity contribution in [1.29, 1.82) is 0 Å². The van der Waals surface area contributed by atoms with Crippen LogP contribution in [0.4, 0.5) is 0 Å². The van der Waals surface area contributed by atoms with Crippen LogP contribution in [0.15, 0.2) is 11.4 Å². The molecule has 1 saturated carbocycles. The molecular formula is C16H23NO2S. The van der Waals surface area contributed by atoms with Gasteiger partial charge in [-0.05, 0) is 31.3 Å². The van der Waals surface area contributed by atoms with Crippen LogP contribution in [0, 0.1) is 11.8 Å². The number of hydrogen-bond acceptors (Lipinski definition) is 4. The van der Waals surface area contributed by atoms with E-state index in [9.17, 15) is 5.11 Å². The number of aliphatic hydroxyl groups excluding tert-OH is 2. The first-order valence-corrected chi connectivity index (χ1v) is 8.14.